The van der Waals surface area contributed by atoms with Gasteiger partial charge in [-0.1, -0.05) is 17.3 Å². The van der Waals surface area contributed by atoms with E-state index in [-0.39, 0.29) is 5.82 Å². The zero-order valence-electron chi connectivity index (χ0n) is 12.2. The second-order valence-electron chi connectivity index (χ2n) is 4.87. The first-order valence-electron chi connectivity index (χ1n) is 6.65. The summed E-state index contributed by atoms with van der Waals surface area (Å²) in [6, 6.07) is 1.27. The Balaban J connectivity index is 2.10. The Labute approximate surface area is 132 Å². The van der Waals surface area contributed by atoms with Crippen LogP contribution in [0.3, 0.4) is 0 Å². The number of carbonyl (C=O) groups excluding carboxylic acids is 1. The molecule has 10 heteroatoms. The van der Waals surface area contributed by atoms with E-state index in [0.717, 1.165) is 12.1 Å². The van der Waals surface area contributed by atoms with Gasteiger partial charge in [0.05, 0.1) is 6.54 Å². The number of benzene rings is 1. The molecule has 0 aliphatic rings. The zero-order chi connectivity index (χ0) is 17.9. The van der Waals surface area contributed by atoms with Crippen LogP contribution in [-0.2, 0) is 4.79 Å². The van der Waals surface area contributed by atoms with E-state index >= 15 is 0 Å². The smallest absolute Gasteiger partial charge is 0.360 e. The lowest BCUT2D eigenvalue weighted by atomic mass is 10.1. The molecule has 1 amide bonds. The number of halogens is 5. The highest BCUT2D eigenvalue weighted by Gasteiger charge is 2.42. The molecule has 0 bridgehead atoms. The number of nitrogens with zero attached hydrogens (tertiary/aromatic N) is 1. The van der Waals surface area contributed by atoms with E-state index in [1.165, 1.54) is 6.07 Å². The molecule has 1 atom stereocenters. The summed E-state index contributed by atoms with van der Waals surface area (Å²) in [5.41, 5.74) is -0.937. The summed E-state index contributed by atoms with van der Waals surface area (Å²) < 4.78 is 70.7. The largest absolute Gasteiger partial charge is 0.408 e. The van der Waals surface area contributed by atoms with Crippen molar-refractivity contribution in [2.24, 2.45) is 0 Å². The Kier molecular flexibility index (Phi) is 5.17. The number of nitrogens with one attached hydrogen (secondary N) is 2. The number of aryl methyl sites for hydroxylation is 1. The lowest BCUT2D eigenvalue weighted by molar-refractivity contribution is -0.158. The van der Waals surface area contributed by atoms with Crippen molar-refractivity contribution in [3.05, 3.63) is 47.2 Å². The zero-order valence-corrected chi connectivity index (χ0v) is 12.2. The van der Waals surface area contributed by atoms with E-state index in [9.17, 15) is 26.7 Å². The molecule has 0 radical (unpaired) electrons. The van der Waals surface area contributed by atoms with Gasteiger partial charge in [0.25, 0.3) is 0 Å². The quantitative estimate of drug-likeness (QED) is 0.814. The molecule has 5 nitrogen and oxygen atoms in total. The van der Waals surface area contributed by atoms with E-state index in [1.54, 1.807) is 6.92 Å². The Morgan fingerprint density at radius 2 is 2.04 bits per heavy atom. The predicted octanol–water partition coefficient (Wildman–Crippen LogP) is 3.09. The van der Waals surface area contributed by atoms with Crippen LogP contribution in [0.25, 0.3) is 0 Å². The van der Waals surface area contributed by atoms with Crippen LogP contribution in [0.5, 0.6) is 0 Å². The molecule has 1 heterocycles. The Morgan fingerprint density at radius 1 is 1.33 bits per heavy atom. The summed E-state index contributed by atoms with van der Waals surface area (Å²) in [6.07, 6.45) is -4.93. The molecule has 2 rings (SSSR count). The molecule has 0 spiro atoms. The minimum Gasteiger partial charge on any atom is -0.360 e. The van der Waals surface area contributed by atoms with Crippen molar-refractivity contribution in [3.8, 4) is 0 Å². The van der Waals surface area contributed by atoms with Crippen LogP contribution < -0.4 is 10.6 Å². The molecule has 130 valence electrons. The van der Waals surface area contributed by atoms with Crippen molar-refractivity contribution < 1.29 is 31.3 Å². The molecular weight excluding hydrogens is 337 g/mol. The summed E-state index contributed by atoms with van der Waals surface area (Å²) in [5.74, 6) is -3.46. The number of hydrogen-bond acceptors (Lipinski definition) is 4. The van der Waals surface area contributed by atoms with E-state index < -0.39 is 41.9 Å². The molecule has 2 aromatic rings. The van der Waals surface area contributed by atoms with E-state index in [2.05, 4.69) is 15.0 Å². The van der Waals surface area contributed by atoms with Crippen molar-refractivity contribution in [2.75, 3.05) is 11.9 Å². The summed E-state index contributed by atoms with van der Waals surface area (Å²) in [5, 5.41) is 7.52. The van der Waals surface area contributed by atoms with Gasteiger partial charge in [-0.25, -0.2) is 8.78 Å². The lowest BCUT2D eigenvalue weighted by Crippen LogP contribution is -2.39. The summed E-state index contributed by atoms with van der Waals surface area (Å²) >= 11 is 0. The first-order chi connectivity index (χ1) is 11.2. The fraction of sp³-hybridized carbons (Fsp3) is 0.286. The number of hydrogen-bond donors (Lipinski definition) is 2. The highest BCUT2D eigenvalue weighted by Crippen LogP contribution is 2.34. The van der Waals surface area contributed by atoms with Crippen LogP contribution in [0.2, 0.25) is 0 Å². The van der Waals surface area contributed by atoms with Gasteiger partial charge in [-0.15, -0.1) is 0 Å². The van der Waals surface area contributed by atoms with Crippen molar-refractivity contribution in [1.29, 1.82) is 0 Å². The number of amides is 1. The molecule has 0 saturated carbocycles. The van der Waals surface area contributed by atoms with E-state index in [0.29, 0.717) is 11.8 Å². The SMILES string of the molecule is Cc1cc(NC(=O)CNC(c2cccc(F)c2F)C(F)(F)F)no1. The van der Waals surface area contributed by atoms with Gasteiger partial charge in [0.15, 0.2) is 17.5 Å². The predicted molar refractivity (Wildman–Crippen MR) is 73.0 cm³/mol. The third-order valence-electron chi connectivity index (χ3n) is 2.98. The first kappa shape index (κ1) is 17.9. The third kappa shape index (κ3) is 4.28. The second-order valence-corrected chi connectivity index (χ2v) is 4.87. The molecule has 1 aromatic heterocycles. The van der Waals surface area contributed by atoms with Gasteiger partial charge in [0, 0.05) is 11.6 Å². The molecule has 0 aliphatic heterocycles. The van der Waals surface area contributed by atoms with Gasteiger partial charge in [0.2, 0.25) is 5.91 Å². The van der Waals surface area contributed by atoms with Gasteiger partial charge >= 0.3 is 6.18 Å². The van der Waals surface area contributed by atoms with E-state index in [1.807, 2.05) is 5.32 Å². The number of alkyl halides is 3. The lowest BCUT2D eigenvalue weighted by Gasteiger charge is -2.22. The summed E-state index contributed by atoms with van der Waals surface area (Å²) in [4.78, 5) is 11.6. The van der Waals surface area contributed by atoms with Gasteiger partial charge in [-0.3, -0.25) is 10.1 Å². The summed E-state index contributed by atoms with van der Waals surface area (Å²) in [7, 11) is 0. The van der Waals surface area contributed by atoms with Crippen molar-refractivity contribution in [3.63, 3.8) is 0 Å². The Hall–Kier alpha value is -2.49. The highest BCUT2D eigenvalue weighted by molar-refractivity contribution is 5.91. The number of aromatic nitrogens is 1. The van der Waals surface area contributed by atoms with Gasteiger partial charge in [-0.2, -0.15) is 13.2 Å². The first-order valence-corrected chi connectivity index (χ1v) is 6.65. The van der Waals surface area contributed by atoms with Crippen molar-refractivity contribution in [1.82, 2.24) is 10.5 Å². The number of anilines is 1. The average Bonchev–Trinajstić information content (AvgIpc) is 2.87. The summed E-state index contributed by atoms with van der Waals surface area (Å²) in [6.45, 7) is 0.763. The van der Waals surface area contributed by atoms with Crippen molar-refractivity contribution in [2.45, 2.75) is 19.1 Å². The topological polar surface area (TPSA) is 67.2 Å². The Morgan fingerprint density at radius 3 is 2.62 bits per heavy atom. The minimum absolute atomic E-state index is 0.0276. The Bertz CT molecular complexity index is 729. The van der Waals surface area contributed by atoms with Crippen LogP contribution in [-0.4, -0.2) is 23.8 Å². The number of carbonyl (C=O) groups is 1. The fourth-order valence-corrected chi connectivity index (χ4v) is 1.95. The van der Waals surface area contributed by atoms with Crippen LogP contribution in [0.4, 0.5) is 27.8 Å². The second kappa shape index (κ2) is 6.95. The molecule has 24 heavy (non-hydrogen) atoms. The van der Waals surface area contributed by atoms with Gasteiger partial charge in [0.1, 0.15) is 11.8 Å². The molecule has 2 N–H and O–H groups in total. The fourth-order valence-electron chi connectivity index (χ4n) is 1.95. The number of rotatable bonds is 5. The van der Waals surface area contributed by atoms with Crippen molar-refractivity contribution >= 4 is 11.7 Å². The standard InChI is InChI=1S/C14H12F5N3O2/c1-7-5-10(22-24-7)21-11(23)6-20-13(14(17,18)19)8-3-2-4-9(15)12(8)16/h2-5,13,20H,6H2,1H3,(H,21,22,23). The van der Waals surface area contributed by atoms with Crippen LogP contribution in [0.1, 0.15) is 17.4 Å². The maximum atomic E-state index is 13.6. The maximum absolute atomic E-state index is 13.6. The molecule has 1 unspecified atom stereocenters. The van der Waals surface area contributed by atoms with Gasteiger partial charge in [-0.05, 0) is 13.0 Å². The molecule has 1 aromatic carbocycles. The van der Waals surface area contributed by atoms with Crippen LogP contribution in [0.15, 0.2) is 28.8 Å². The minimum atomic E-state index is -4.93. The average molecular weight is 349 g/mol. The molecule has 0 saturated heterocycles. The molecule has 0 fully saturated rings. The van der Waals surface area contributed by atoms with Crippen LogP contribution in [0, 0.1) is 18.6 Å². The normalized spacial score (nSPS) is 12.9. The molecule has 0 aliphatic carbocycles. The third-order valence-corrected chi connectivity index (χ3v) is 2.98. The van der Waals surface area contributed by atoms with Gasteiger partial charge < -0.3 is 9.84 Å². The van der Waals surface area contributed by atoms with E-state index in [4.69, 9.17) is 0 Å². The molecular formula is C14H12F5N3O2. The monoisotopic (exact) mass is 349 g/mol. The van der Waals surface area contributed by atoms with Crippen LogP contribution >= 0.6 is 0 Å². The maximum Gasteiger partial charge on any atom is 0.408 e. The highest BCUT2D eigenvalue weighted by atomic mass is 19.4.